The van der Waals surface area contributed by atoms with Crippen molar-refractivity contribution in [3.05, 3.63) is 52.0 Å². The molecule has 2 heterocycles. The van der Waals surface area contributed by atoms with Gasteiger partial charge in [-0.1, -0.05) is 29.3 Å². The van der Waals surface area contributed by atoms with Crippen LogP contribution in [0.3, 0.4) is 0 Å². The van der Waals surface area contributed by atoms with Crippen LogP contribution in [0.4, 0.5) is 13.2 Å². The normalized spacial score (nSPS) is 12.6. The molecule has 7 nitrogen and oxygen atoms in total. The third-order valence-electron chi connectivity index (χ3n) is 4.16. The number of H-pyrrole nitrogens is 1. The first-order valence-corrected chi connectivity index (χ1v) is 10.8. The molecule has 2 aromatic heterocycles. The SMILES string of the molecule is CS(=O)(=O)c1nnc(-c2nc3ccc(C(F)(F)F)cc3[nH]2)n1-c1cccc(Cl)c1Cl. The van der Waals surface area contributed by atoms with Crippen LogP contribution in [0.25, 0.3) is 28.4 Å². The molecule has 0 saturated heterocycles. The highest BCUT2D eigenvalue weighted by atomic mass is 35.5. The van der Waals surface area contributed by atoms with Gasteiger partial charge < -0.3 is 4.98 Å². The van der Waals surface area contributed by atoms with Crippen LogP contribution < -0.4 is 0 Å². The molecule has 2 aromatic carbocycles. The Bertz CT molecular complexity index is 1400. The standard InChI is InChI=1S/C17H10Cl2F3N5O2S/c1-30(28,29)16-26-25-15(27(16)12-4-2-3-9(18)13(12)19)14-23-10-6-5-8(17(20,21)22)7-11(10)24-14/h2-7H,1H3,(H,23,24). The Morgan fingerprint density at radius 3 is 2.50 bits per heavy atom. The number of hydrogen-bond acceptors (Lipinski definition) is 5. The number of alkyl halides is 3. The van der Waals surface area contributed by atoms with Crippen molar-refractivity contribution in [1.29, 1.82) is 0 Å². The van der Waals surface area contributed by atoms with Crippen LogP contribution in [0.15, 0.2) is 41.6 Å². The van der Waals surface area contributed by atoms with Crippen molar-refractivity contribution in [2.75, 3.05) is 6.26 Å². The monoisotopic (exact) mass is 475 g/mol. The van der Waals surface area contributed by atoms with E-state index in [0.717, 1.165) is 23.0 Å². The minimum absolute atomic E-state index is 0.00256. The molecule has 0 atom stereocenters. The van der Waals surface area contributed by atoms with Crippen LogP contribution in [-0.2, 0) is 16.0 Å². The van der Waals surface area contributed by atoms with Crippen molar-refractivity contribution in [2.45, 2.75) is 11.3 Å². The molecule has 0 aliphatic heterocycles. The molecule has 0 saturated carbocycles. The van der Waals surface area contributed by atoms with Crippen LogP contribution in [0, 0.1) is 0 Å². The summed E-state index contributed by atoms with van der Waals surface area (Å²) in [6.07, 6.45) is -3.60. The van der Waals surface area contributed by atoms with E-state index in [-0.39, 0.29) is 38.4 Å². The van der Waals surface area contributed by atoms with E-state index in [1.807, 2.05) is 0 Å². The molecule has 13 heteroatoms. The van der Waals surface area contributed by atoms with Gasteiger partial charge in [0.15, 0.2) is 5.82 Å². The first kappa shape index (κ1) is 20.6. The van der Waals surface area contributed by atoms with Gasteiger partial charge >= 0.3 is 6.18 Å². The lowest BCUT2D eigenvalue weighted by molar-refractivity contribution is -0.137. The predicted octanol–water partition coefficient (Wildman–Crippen LogP) is 4.54. The molecule has 0 amide bonds. The second-order valence-corrected chi connectivity index (χ2v) is 9.00. The topological polar surface area (TPSA) is 93.5 Å². The molecule has 0 unspecified atom stereocenters. The fourth-order valence-electron chi connectivity index (χ4n) is 2.84. The minimum atomic E-state index is -4.53. The largest absolute Gasteiger partial charge is 0.416 e. The summed E-state index contributed by atoms with van der Waals surface area (Å²) < 4.78 is 64.6. The summed E-state index contributed by atoms with van der Waals surface area (Å²) in [6.45, 7) is 0. The number of rotatable bonds is 3. The third-order valence-corrected chi connectivity index (χ3v) is 5.89. The molecule has 0 aliphatic rings. The minimum Gasteiger partial charge on any atom is -0.335 e. The van der Waals surface area contributed by atoms with Crippen molar-refractivity contribution in [2.24, 2.45) is 0 Å². The number of benzene rings is 2. The summed E-state index contributed by atoms with van der Waals surface area (Å²) >= 11 is 12.3. The Hall–Kier alpha value is -2.63. The van der Waals surface area contributed by atoms with Crippen molar-refractivity contribution in [1.82, 2.24) is 24.7 Å². The molecule has 4 rings (SSSR count). The Morgan fingerprint density at radius 2 is 1.83 bits per heavy atom. The Morgan fingerprint density at radius 1 is 1.10 bits per heavy atom. The molecular weight excluding hydrogens is 466 g/mol. The highest BCUT2D eigenvalue weighted by Gasteiger charge is 2.31. The molecule has 4 aromatic rings. The molecule has 0 bridgehead atoms. The quantitative estimate of drug-likeness (QED) is 0.469. The van der Waals surface area contributed by atoms with Gasteiger partial charge in [-0.2, -0.15) is 13.2 Å². The zero-order valence-corrected chi connectivity index (χ0v) is 17.2. The number of fused-ring (bicyclic) bond motifs is 1. The summed E-state index contributed by atoms with van der Waals surface area (Å²) in [5, 5.41) is 7.37. The first-order valence-electron chi connectivity index (χ1n) is 8.14. The van der Waals surface area contributed by atoms with Gasteiger partial charge in [0.05, 0.1) is 32.3 Å². The Labute approximate surface area is 177 Å². The van der Waals surface area contributed by atoms with E-state index in [1.165, 1.54) is 18.2 Å². The van der Waals surface area contributed by atoms with Crippen molar-refractivity contribution < 1.29 is 21.6 Å². The van der Waals surface area contributed by atoms with Gasteiger partial charge in [-0.25, -0.2) is 13.4 Å². The van der Waals surface area contributed by atoms with Gasteiger partial charge in [-0.15, -0.1) is 10.2 Å². The lowest BCUT2D eigenvalue weighted by atomic mass is 10.2. The van der Waals surface area contributed by atoms with Gasteiger partial charge in [0.25, 0.3) is 5.16 Å². The second kappa shape index (κ2) is 6.96. The number of halogens is 5. The van der Waals surface area contributed by atoms with E-state index in [4.69, 9.17) is 23.2 Å². The summed E-state index contributed by atoms with van der Waals surface area (Å²) in [5.74, 6) is -0.0629. The number of nitrogens with one attached hydrogen (secondary N) is 1. The van der Waals surface area contributed by atoms with Crippen LogP contribution in [0.5, 0.6) is 0 Å². The van der Waals surface area contributed by atoms with Crippen LogP contribution in [0.2, 0.25) is 10.0 Å². The third kappa shape index (κ3) is 3.53. The van der Waals surface area contributed by atoms with Gasteiger partial charge in [-0.05, 0) is 30.3 Å². The molecular formula is C17H10Cl2F3N5O2S. The van der Waals surface area contributed by atoms with Gasteiger partial charge in [0.2, 0.25) is 15.7 Å². The van der Waals surface area contributed by atoms with E-state index in [2.05, 4.69) is 20.2 Å². The van der Waals surface area contributed by atoms with Crippen molar-refractivity contribution in [3.63, 3.8) is 0 Å². The Balaban J connectivity index is 1.98. The van der Waals surface area contributed by atoms with Crippen LogP contribution >= 0.6 is 23.2 Å². The molecule has 1 N–H and O–H groups in total. The summed E-state index contributed by atoms with van der Waals surface area (Å²) in [4.78, 5) is 6.95. The summed E-state index contributed by atoms with van der Waals surface area (Å²) in [7, 11) is -3.86. The number of aromatic amines is 1. The fourth-order valence-corrected chi connectivity index (χ4v) is 3.92. The predicted molar refractivity (Wildman–Crippen MR) is 105 cm³/mol. The fraction of sp³-hybridized carbons (Fsp3) is 0.118. The maximum Gasteiger partial charge on any atom is 0.416 e. The summed E-state index contributed by atoms with van der Waals surface area (Å²) in [6, 6.07) is 7.55. The van der Waals surface area contributed by atoms with Crippen LogP contribution in [0.1, 0.15) is 5.56 Å². The number of sulfone groups is 1. The molecule has 0 aliphatic carbocycles. The zero-order valence-electron chi connectivity index (χ0n) is 14.9. The number of nitrogens with zero attached hydrogens (tertiary/aromatic N) is 4. The number of imidazole rings is 1. The van der Waals surface area contributed by atoms with Crippen LogP contribution in [-0.4, -0.2) is 39.4 Å². The van der Waals surface area contributed by atoms with Gasteiger partial charge in [0, 0.05) is 6.26 Å². The lowest BCUT2D eigenvalue weighted by Gasteiger charge is -2.11. The van der Waals surface area contributed by atoms with E-state index in [0.29, 0.717) is 0 Å². The molecule has 30 heavy (non-hydrogen) atoms. The average molecular weight is 476 g/mol. The first-order chi connectivity index (χ1) is 14.0. The summed E-state index contributed by atoms with van der Waals surface area (Å²) in [5.41, 5.74) is -0.375. The highest BCUT2D eigenvalue weighted by molar-refractivity contribution is 7.90. The van der Waals surface area contributed by atoms with Crippen molar-refractivity contribution in [3.8, 4) is 17.3 Å². The smallest absolute Gasteiger partial charge is 0.335 e. The number of hydrogen-bond donors (Lipinski definition) is 1. The van der Waals surface area contributed by atoms with E-state index in [1.54, 1.807) is 6.07 Å². The molecule has 156 valence electrons. The lowest BCUT2D eigenvalue weighted by Crippen LogP contribution is -2.09. The number of aromatic nitrogens is 5. The molecule has 0 fully saturated rings. The van der Waals surface area contributed by atoms with Crippen molar-refractivity contribution >= 4 is 44.1 Å². The van der Waals surface area contributed by atoms with E-state index < -0.39 is 26.7 Å². The van der Waals surface area contributed by atoms with E-state index in [9.17, 15) is 21.6 Å². The highest BCUT2D eigenvalue weighted by Crippen LogP contribution is 2.34. The maximum atomic E-state index is 13.0. The second-order valence-electron chi connectivity index (χ2n) is 6.30. The molecule has 0 radical (unpaired) electrons. The Kier molecular flexibility index (Phi) is 4.79. The average Bonchev–Trinajstić information content (AvgIpc) is 3.26. The van der Waals surface area contributed by atoms with E-state index >= 15 is 0 Å². The van der Waals surface area contributed by atoms with Gasteiger partial charge in [-0.3, -0.25) is 4.57 Å². The molecule has 0 spiro atoms. The maximum absolute atomic E-state index is 13.0. The van der Waals surface area contributed by atoms with Gasteiger partial charge in [0.1, 0.15) is 0 Å². The zero-order chi connectivity index (χ0) is 21.8.